The van der Waals surface area contributed by atoms with Crippen LogP contribution in [0.4, 0.5) is 5.82 Å². The molecule has 0 saturated carbocycles. The Bertz CT molecular complexity index is 1400. The second-order valence-electron chi connectivity index (χ2n) is 11.3. The van der Waals surface area contributed by atoms with Gasteiger partial charge in [0, 0.05) is 37.7 Å². The molecular weight excluding hydrogens is 472 g/mol. The first-order chi connectivity index (χ1) is 18.3. The second-order valence-corrected chi connectivity index (χ2v) is 11.3. The summed E-state index contributed by atoms with van der Waals surface area (Å²) in [5.41, 5.74) is 3.86. The van der Waals surface area contributed by atoms with Gasteiger partial charge in [-0.05, 0) is 41.7 Å². The van der Waals surface area contributed by atoms with Crippen LogP contribution in [0.25, 0.3) is 16.7 Å². The minimum Gasteiger partial charge on any atom is -0.352 e. The summed E-state index contributed by atoms with van der Waals surface area (Å²) in [6.45, 7) is 13.7. The monoisotopic (exact) mass is 510 g/mol. The molecule has 2 aromatic heterocycles. The summed E-state index contributed by atoms with van der Waals surface area (Å²) in [7, 11) is 0. The predicted molar refractivity (Wildman–Crippen MR) is 153 cm³/mol. The first-order valence-electron chi connectivity index (χ1n) is 13.7. The van der Waals surface area contributed by atoms with E-state index in [-0.39, 0.29) is 17.2 Å². The number of anilines is 1. The van der Waals surface area contributed by atoms with Gasteiger partial charge in [0.2, 0.25) is 0 Å². The molecule has 0 aliphatic carbocycles. The van der Waals surface area contributed by atoms with Gasteiger partial charge < -0.3 is 9.80 Å². The Morgan fingerprint density at radius 3 is 2.26 bits per heavy atom. The molecule has 1 fully saturated rings. The van der Waals surface area contributed by atoms with Gasteiger partial charge in [-0.15, -0.1) is 0 Å². The van der Waals surface area contributed by atoms with Gasteiger partial charge in [-0.25, -0.2) is 14.6 Å². The molecule has 0 radical (unpaired) electrons. The van der Waals surface area contributed by atoms with E-state index in [4.69, 9.17) is 15.1 Å². The van der Waals surface area contributed by atoms with Gasteiger partial charge in [0.05, 0.1) is 17.3 Å². The topological polar surface area (TPSA) is 67.2 Å². The minimum absolute atomic E-state index is 0.0673. The van der Waals surface area contributed by atoms with E-state index < -0.39 is 0 Å². The van der Waals surface area contributed by atoms with E-state index in [9.17, 15) is 4.79 Å². The van der Waals surface area contributed by atoms with E-state index in [2.05, 4.69) is 51.7 Å². The van der Waals surface area contributed by atoms with Crippen LogP contribution in [-0.4, -0.2) is 56.7 Å². The number of carbonyl (C=O) groups is 1. The van der Waals surface area contributed by atoms with Crippen molar-refractivity contribution in [2.24, 2.45) is 0 Å². The van der Waals surface area contributed by atoms with Gasteiger partial charge >= 0.3 is 0 Å². The Labute approximate surface area is 225 Å². The van der Waals surface area contributed by atoms with Crippen LogP contribution in [-0.2, 0) is 5.41 Å². The van der Waals surface area contributed by atoms with Gasteiger partial charge in [0.1, 0.15) is 11.6 Å². The maximum atomic E-state index is 13.3. The van der Waals surface area contributed by atoms with E-state index in [1.807, 2.05) is 58.2 Å². The lowest BCUT2D eigenvalue weighted by Crippen LogP contribution is -2.49. The zero-order valence-electron chi connectivity index (χ0n) is 23.2. The standard InChI is InChI=1S/C31H38N6O/c1-6-10-22(2)27-33-28(26-21-32-37(29(26)34-27)25-11-8-7-9-12-25)35-17-19-36(20-18-35)30(38)23-13-15-24(16-14-23)31(3,4)5/h7-9,11-16,21-22H,6,10,17-20H2,1-5H3. The third-order valence-corrected chi connectivity index (χ3v) is 7.45. The number of hydrogen-bond donors (Lipinski definition) is 0. The number of rotatable bonds is 6. The molecule has 0 bridgehead atoms. The molecule has 4 aromatic rings. The summed E-state index contributed by atoms with van der Waals surface area (Å²) in [4.78, 5) is 27.6. The lowest BCUT2D eigenvalue weighted by molar-refractivity contribution is 0.0746. The van der Waals surface area contributed by atoms with Crippen LogP contribution in [0, 0.1) is 0 Å². The molecule has 198 valence electrons. The fraction of sp³-hybridized carbons (Fsp3) is 0.419. The largest absolute Gasteiger partial charge is 0.352 e. The summed E-state index contributed by atoms with van der Waals surface area (Å²) in [6, 6.07) is 18.2. The first kappa shape index (κ1) is 25.9. The van der Waals surface area contributed by atoms with Crippen molar-refractivity contribution in [3.8, 4) is 5.69 Å². The second kappa shape index (κ2) is 10.6. The highest BCUT2D eigenvalue weighted by Gasteiger charge is 2.27. The van der Waals surface area contributed by atoms with Crippen LogP contribution in [0.2, 0.25) is 0 Å². The smallest absolute Gasteiger partial charge is 0.253 e. The Kier molecular flexibility index (Phi) is 7.19. The summed E-state index contributed by atoms with van der Waals surface area (Å²) in [6.07, 6.45) is 3.98. The molecule has 7 nitrogen and oxygen atoms in total. The quantitative estimate of drug-likeness (QED) is 0.319. The van der Waals surface area contributed by atoms with E-state index in [1.165, 1.54) is 5.56 Å². The maximum Gasteiger partial charge on any atom is 0.253 e. The first-order valence-corrected chi connectivity index (χ1v) is 13.7. The number of piperazine rings is 1. The van der Waals surface area contributed by atoms with E-state index in [0.717, 1.165) is 59.9 Å². The summed E-state index contributed by atoms with van der Waals surface area (Å²) in [5.74, 6) is 2.11. The molecule has 1 saturated heterocycles. The molecule has 3 heterocycles. The third-order valence-electron chi connectivity index (χ3n) is 7.45. The van der Waals surface area contributed by atoms with Crippen molar-refractivity contribution < 1.29 is 4.79 Å². The van der Waals surface area contributed by atoms with Crippen LogP contribution in [0.1, 0.15) is 75.1 Å². The lowest BCUT2D eigenvalue weighted by Gasteiger charge is -2.36. The number of amides is 1. The van der Waals surface area contributed by atoms with Crippen molar-refractivity contribution in [1.29, 1.82) is 0 Å². The van der Waals surface area contributed by atoms with E-state index in [1.54, 1.807) is 0 Å². The molecule has 2 aromatic carbocycles. The van der Waals surface area contributed by atoms with E-state index in [0.29, 0.717) is 13.1 Å². The average molecular weight is 511 g/mol. The van der Waals surface area contributed by atoms with Gasteiger partial charge in [0.15, 0.2) is 5.65 Å². The number of hydrogen-bond acceptors (Lipinski definition) is 5. The van der Waals surface area contributed by atoms with Crippen LogP contribution < -0.4 is 4.90 Å². The fourth-order valence-corrected chi connectivity index (χ4v) is 5.11. The number of benzene rings is 2. The third kappa shape index (κ3) is 5.15. The number of para-hydroxylation sites is 1. The number of carbonyl (C=O) groups excluding carboxylic acids is 1. The minimum atomic E-state index is 0.0673. The Hall–Kier alpha value is -3.74. The maximum absolute atomic E-state index is 13.3. The van der Waals surface area contributed by atoms with Crippen molar-refractivity contribution in [3.05, 3.63) is 77.7 Å². The fourth-order valence-electron chi connectivity index (χ4n) is 5.11. The van der Waals surface area contributed by atoms with Gasteiger partial charge in [-0.3, -0.25) is 4.79 Å². The normalized spacial score (nSPS) is 15.2. The molecule has 1 unspecified atom stereocenters. The highest BCUT2D eigenvalue weighted by Crippen LogP contribution is 2.30. The number of aromatic nitrogens is 4. The molecule has 1 amide bonds. The molecule has 7 heteroatoms. The Morgan fingerprint density at radius 2 is 1.63 bits per heavy atom. The van der Waals surface area contributed by atoms with Crippen LogP contribution in [0.3, 0.4) is 0 Å². The molecular formula is C31H38N6O. The highest BCUT2D eigenvalue weighted by molar-refractivity contribution is 5.94. The molecule has 1 aliphatic rings. The van der Waals surface area contributed by atoms with Crippen LogP contribution >= 0.6 is 0 Å². The summed E-state index contributed by atoms with van der Waals surface area (Å²) < 4.78 is 1.91. The predicted octanol–water partition coefficient (Wildman–Crippen LogP) is 5.98. The molecule has 1 atom stereocenters. The van der Waals surface area contributed by atoms with Crippen molar-refractivity contribution >= 4 is 22.8 Å². The van der Waals surface area contributed by atoms with Crippen molar-refractivity contribution in [2.45, 2.75) is 58.8 Å². The zero-order valence-corrected chi connectivity index (χ0v) is 23.2. The zero-order chi connectivity index (χ0) is 26.9. The molecule has 5 rings (SSSR count). The average Bonchev–Trinajstić information content (AvgIpc) is 3.36. The lowest BCUT2D eigenvalue weighted by atomic mass is 9.86. The van der Waals surface area contributed by atoms with Gasteiger partial charge in [0.25, 0.3) is 5.91 Å². The van der Waals surface area contributed by atoms with E-state index >= 15 is 0 Å². The molecule has 0 spiro atoms. The van der Waals surface area contributed by atoms with Gasteiger partial charge in [-0.2, -0.15) is 5.10 Å². The van der Waals surface area contributed by atoms with Crippen LogP contribution in [0.5, 0.6) is 0 Å². The SMILES string of the molecule is CCCC(C)c1nc(N2CCN(C(=O)c3ccc(C(C)(C)C)cc3)CC2)c2cnn(-c3ccccc3)c2n1. The highest BCUT2D eigenvalue weighted by atomic mass is 16.2. The summed E-state index contributed by atoms with van der Waals surface area (Å²) in [5, 5.41) is 5.64. The van der Waals surface area contributed by atoms with Crippen molar-refractivity contribution in [1.82, 2.24) is 24.6 Å². The van der Waals surface area contributed by atoms with Crippen LogP contribution in [0.15, 0.2) is 60.8 Å². The number of nitrogens with zero attached hydrogens (tertiary/aromatic N) is 6. The molecule has 38 heavy (non-hydrogen) atoms. The summed E-state index contributed by atoms with van der Waals surface area (Å²) >= 11 is 0. The van der Waals surface area contributed by atoms with Gasteiger partial charge in [-0.1, -0.05) is 71.4 Å². The number of fused-ring (bicyclic) bond motifs is 1. The molecule has 1 aliphatic heterocycles. The Balaban J connectivity index is 1.40. The van der Waals surface area contributed by atoms with Crippen molar-refractivity contribution in [3.63, 3.8) is 0 Å². The van der Waals surface area contributed by atoms with Crippen molar-refractivity contribution in [2.75, 3.05) is 31.1 Å². The Morgan fingerprint density at radius 1 is 0.947 bits per heavy atom. The molecule has 0 N–H and O–H groups in total.